The van der Waals surface area contributed by atoms with Crippen LogP contribution >= 0.6 is 0 Å². The van der Waals surface area contributed by atoms with Gasteiger partial charge in [-0.25, -0.2) is 0 Å². The smallest absolute Gasteiger partial charge is 0.241 e. The fourth-order valence-electron chi connectivity index (χ4n) is 2.64. The van der Waals surface area contributed by atoms with Crippen LogP contribution in [-0.4, -0.2) is 35.4 Å². The Balaban J connectivity index is 1.65. The molecule has 1 aromatic heterocycles. The number of para-hydroxylation sites is 1. The van der Waals surface area contributed by atoms with Gasteiger partial charge in [0.15, 0.2) is 0 Å². The highest BCUT2D eigenvalue weighted by Crippen LogP contribution is 2.36. The number of carbonyl (C=O) groups excluding carboxylic acids is 1. The summed E-state index contributed by atoms with van der Waals surface area (Å²) in [6.45, 7) is 4.64. The Bertz CT molecular complexity index is 681. The largest absolute Gasteiger partial charge is 0.488 e. The van der Waals surface area contributed by atoms with E-state index >= 15 is 0 Å². The van der Waals surface area contributed by atoms with Crippen molar-refractivity contribution in [2.45, 2.75) is 26.5 Å². The van der Waals surface area contributed by atoms with E-state index in [0.29, 0.717) is 26.4 Å². The van der Waals surface area contributed by atoms with Gasteiger partial charge in [-0.05, 0) is 25.5 Å². The summed E-state index contributed by atoms with van der Waals surface area (Å²) in [6, 6.07) is 7.83. The molecule has 0 aliphatic carbocycles. The van der Waals surface area contributed by atoms with Gasteiger partial charge >= 0.3 is 0 Å². The highest BCUT2D eigenvalue weighted by atomic mass is 16.5. The van der Waals surface area contributed by atoms with E-state index in [0.717, 1.165) is 29.0 Å². The van der Waals surface area contributed by atoms with E-state index in [4.69, 9.17) is 9.47 Å². The van der Waals surface area contributed by atoms with Gasteiger partial charge in [0.1, 0.15) is 18.9 Å². The van der Waals surface area contributed by atoms with Crippen molar-refractivity contribution in [2.24, 2.45) is 0 Å². The minimum absolute atomic E-state index is 0.0450. The molecule has 3 rings (SSSR count). The number of ether oxygens (including phenoxy) is 2. The Morgan fingerprint density at radius 1 is 1.43 bits per heavy atom. The van der Waals surface area contributed by atoms with Crippen LogP contribution in [0.2, 0.25) is 0 Å². The number of aromatic nitrogens is 2. The molecule has 2 aromatic rings. The molecule has 1 N–H and O–H groups in total. The minimum Gasteiger partial charge on any atom is -0.488 e. The summed E-state index contributed by atoms with van der Waals surface area (Å²) in [5, 5.41) is 7.25. The zero-order valence-corrected chi connectivity index (χ0v) is 13.2. The van der Waals surface area contributed by atoms with Crippen molar-refractivity contribution in [3.63, 3.8) is 0 Å². The van der Waals surface area contributed by atoms with Crippen LogP contribution in [0, 0.1) is 0 Å². The van der Waals surface area contributed by atoms with Gasteiger partial charge in [0.2, 0.25) is 5.91 Å². The van der Waals surface area contributed by atoms with Gasteiger partial charge in [-0.15, -0.1) is 0 Å². The zero-order valence-electron chi connectivity index (χ0n) is 13.2. The number of carbonyl (C=O) groups is 1. The highest BCUT2D eigenvalue weighted by molar-refractivity contribution is 5.78. The summed E-state index contributed by atoms with van der Waals surface area (Å²) in [5.74, 6) is 0.787. The second kappa shape index (κ2) is 7.28. The lowest BCUT2D eigenvalue weighted by Gasteiger charge is -2.19. The number of benzene rings is 1. The van der Waals surface area contributed by atoms with Gasteiger partial charge in [-0.3, -0.25) is 9.48 Å². The lowest BCUT2D eigenvalue weighted by molar-refractivity contribution is -0.121. The van der Waals surface area contributed by atoms with Gasteiger partial charge in [-0.1, -0.05) is 12.1 Å². The van der Waals surface area contributed by atoms with Gasteiger partial charge in [0, 0.05) is 30.9 Å². The van der Waals surface area contributed by atoms with Crippen molar-refractivity contribution >= 4 is 5.91 Å². The first-order valence-corrected chi connectivity index (χ1v) is 7.91. The molecule has 2 heterocycles. The van der Waals surface area contributed by atoms with Crippen LogP contribution in [0.1, 0.15) is 18.9 Å². The maximum Gasteiger partial charge on any atom is 0.241 e. The monoisotopic (exact) mass is 315 g/mol. The average molecular weight is 315 g/mol. The molecule has 0 saturated carbocycles. The molecule has 23 heavy (non-hydrogen) atoms. The molecule has 0 fully saturated rings. The van der Waals surface area contributed by atoms with Gasteiger partial charge in [0.05, 0.1) is 11.9 Å². The number of rotatable bonds is 7. The van der Waals surface area contributed by atoms with Crippen LogP contribution in [0.3, 0.4) is 0 Å². The molecule has 0 bridgehead atoms. The van der Waals surface area contributed by atoms with E-state index in [1.807, 2.05) is 31.2 Å². The van der Waals surface area contributed by atoms with Crippen LogP contribution < -0.4 is 10.1 Å². The molecule has 6 heteroatoms. The summed E-state index contributed by atoms with van der Waals surface area (Å²) in [4.78, 5) is 12.1. The Morgan fingerprint density at radius 3 is 3.17 bits per heavy atom. The first-order valence-electron chi connectivity index (χ1n) is 7.91. The maximum atomic E-state index is 12.1. The Morgan fingerprint density at radius 2 is 2.30 bits per heavy atom. The van der Waals surface area contributed by atoms with Crippen molar-refractivity contribution in [3.8, 4) is 17.0 Å². The minimum atomic E-state index is -0.0450. The lowest BCUT2D eigenvalue weighted by atomic mass is 10.0. The number of hydrogen-bond acceptors (Lipinski definition) is 4. The van der Waals surface area contributed by atoms with Gasteiger partial charge in [0.25, 0.3) is 0 Å². The van der Waals surface area contributed by atoms with Crippen molar-refractivity contribution in [1.82, 2.24) is 15.1 Å². The van der Waals surface area contributed by atoms with Crippen molar-refractivity contribution in [3.05, 3.63) is 36.0 Å². The normalized spacial score (nSPS) is 12.2. The molecule has 0 unspecified atom stereocenters. The van der Waals surface area contributed by atoms with Crippen LogP contribution in [-0.2, 0) is 22.7 Å². The number of fused-ring (bicyclic) bond motifs is 3. The molecule has 0 atom stereocenters. The maximum absolute atomic E-state index is 12.1. The van der Waals surface area contributed by atoms with Crippen LogP contribution in [0.15, 0.2) is 30.5 Å². The van der Waals surface area contributed by atoms with E-state index < -0.39 is 0 Å². The number of nitrogens with zero attached hydrogens (tertiary/aromatic N) is 2. The predicted octanol–water partition coefficient (Wildman–Crippen LogP) is 1.99. The molecular formula is C17H21N3O3. The predicted molar refractivity (Wildman–Crippen MR) is 86.1 cm³/mol. The fourth-order valence-corrected chi connectivity index (χ4v) is 2.64. The Labute approximate surface area is 135 Å². The summed E-state index contributed by atoms with van der Waals surface area (Å²) >= 11 is 0. The van der Waals surface area contributed by atoms with Gasteiger partial charge in [-0.2, -0.15) is 5.10 Å². The first kappa shape index (κ1) is 15.6. The second-order valence-corrected chi connectivity index (χ2v) is 5.36. The fraction of sp³-hybridized carbons (Fsp3) is 0.412. The molecule has 6 nitrogen and oxygen atoms in total. The topological polar surface area (TPSA) is 65.4 Å². The number of hydrogen-bond donors (Lipinski definition) is 1. The third kappa shape index (κ3) is 3.53. The molecule has 1 aliphatic rings. The SMILES string of the molecule is CCOCCCNC(=O)Cn1ncc2c1-c1ccccc1OC2. The van der Waals surface area contributed by atoms with Crippen LogP contribution in [0.25, 0.3) is 11.3 Å². The molecular weight excluding hydrogens is 294 g/mol. The van der Waals surface area contributed by atoms with E-state index in [1.54, 1.807) is 10.9 Å². The lowest BCUT2D eigenvalue weighted by Crippen LogP contribution is -2.29. The van der Waals surface area contributed by atoms with E-state index in [9.17, 15) is 4.79 Å². The van der Waals surface area contributed by atoms with Crippen molar-refractivity contribution in [2.75, 3.05) is 19.8 Å². The van der Waals surface area contributed by atoms with Crippen LogP contribution in [0.4, 0.5) is 0 Å². The third-order valence-corrected chi connectivity index (χ3v) is 3.73. The molecule has 0 spiro atoms. The quantitative estimate of drug-likeness (QED) is 0.794. The summed E-state index contributed by atoms with van der Waals surface area (Å²) in [5.41, 5.74) is 2.96. The average Bonchev–Trinajstić information content (AvgIpc) is 2.98. The first-order chi connectivity index (χ1) is 11.3. The molecule has 122 valence electrons. The Hall–Kier alpha value is -2.34. The van der Waals surface area contributed by atoms with E-state index in [-0.39, 0.29) is 12.5 Å². The van der Waals surface area contributed by atoms with Gasteiger partial charge < -0.3 is 14.8 Å². The van der Waals surface area contributed by atoms with Crippen molar-refractivity contribution < 1.29 is 14.3 Å². The number of nitrogens with one attached hydrogen (secondary N) is 1. The molecule has 1 amide bonds. The standard InChI is InChI=1S/C17H21N3O3/c1-2-22-9-5-8-18-16(21)11-20-17-13(10-19-20)12-23-15-7-4-3-6-14(15)17/h3-4,6-7,10H,2,5,8-9,11-12H2,1H3,(H,18,21). The molecule has 0 saturated heterocycles. The summed E-state index contributed by atoms with van der Waals surface area (Å²) in [6.07, 6.45) is 2.58. The molecule has 1 aliphatic heterocycles. The van der Waals surface area contributed by atoms with Crippen molar-refractivity contribution in [1.29, 1.82) is 0 Å². The van der Waals surface area contributed by atoms with E-state index in [2.05, 4.69) is 10.4 Å². The third-order valence-electron chi connectivity index (χ3n) is 3.73. The second-order valence-electron chi connectivity index (χ2n) is 5.36. The highest BCUT2D eigenvalue weighted by Gasteiger charge is 2.22. The number of amides is 1. The summed E-state index contributed by atoms with van der Waals surface area (Å²) in [7, 11) is 0. The van der Waals surface area contributed by atoms with Crippen LogP contribution in [0.5, 0.6) is 5.75 Å². The molecule has 1 aromatic carbocycles. The zero-order chi connectivity index (χ0) is 16.1. The van der Waals surface area contributed by atoms with E-state index in [1.165, 1.54) is 0 Å². The Kier molecular flexibility index (Phi) is 4.92. The molecule has 0 radical (unpaired) electrons. The summed E-state index contributed by atoms with van der Waals surface area (Å²) < 4.78 is 12.7.